The molecule has 2 aromatic heterocycles. The zero-order valence-electron chi connectivity index (χ0n) is 14.6. The molecule has 1 atom stereocenters. The molecule has 1 saturated heterocycles. The molecule has 3 heterocycles. The van der Waals surface area contributed by atoms with Gasteiger partial charge in [-0.1, -0.05) is 35.5 Å². The molecule has 1 aliphatic heterocycles. The molecule has 0 bridgehead atoms. The van der Waals surface area contributed by atoms with Crippen molar-refractivity contribution < 1.29 is 4.52 Å². The van der Waals surface area contributed by atoms with Crippen molar-refractivity contribution in [3.63, 3.8) is 0 Å². The number of piperazine rings is 1. The van der Waals surface area contributed by atoms with Crippen molar-refractivity contribution in [3.8, 4) is 11.6 Å². The Morgan fingerprint density at radius 1 is 1.23 bits per heavy atom. The minimum absolute atomic E-state index is 0. The SMILES string of the molecule is CN1CCNCC1c1noc(-c2csc(CCc3ccccc3)n2)n1.Cl. The number of benzene rings is 1. The first-order valence-electron chi connectivity index (χ1n) is 8.53. The molecule has 26 heavy (non-hydrogen) atoms. The van der Waals surface area contributed by atoms with Crippen LogP contribution in [0.3, 0.4) is 0 Å². The normalized spacial score (nSPS) is 17.8. The second-order valence-corrected chi connectivity index (χ2v) is 7.21. The van der Waals surface area contributed by atoms with Crippen LogP contribution >= 0.6 is 23.7 Å². The minimum Gasteiger partial charge on any atom is -0.332 e. The van der Waals surface area contributed by atoms with Gasteiger partial charge in [-0.05, 0) is 19.0 Å². The third-order valence-corrected chi connectivity index (χ3v) is 5.40. The zero-order chi connectivity index (χ0) is 17.1. The van der Waals surface area contributed by atoms with Gasteiger partial charge in [-0.25, -0.2) is 4.98 Å². The molecule has 4 rings (SSSR count). The highest BCUT2D eigenvalue weighted by molar-refractivity contribution is 7.09. The first-order chi connectivity index (χ1) is 12.3. The molecule has 6 nitrogen and oxygen atoms in total. The van der Waals surface area contributed by atoms with Crippen LogP contribution in [0.2, 0.25) is 0 Å². The van der Waals surface area contributed by atoms with E-state index in [1.54, 1.807) is 11.3 Å². The van der Waals surface area contributed by atoms with E-state index in [4.69, 9.17) is 4.52 Å². The van der Waals surface area contributed by atoms with Crippen LogP contribution in [0.25, 0.3) is 11.6 Å². The summed E-state index contributed by atoms with van der Waals surface area (Å²) in [5.41, 5.74) is 2.10. The summed E-state index contributed by atoms with van der Waals surface area (Å²) in [7, 11) is 2.09. The number of likely N-dealkylation sites (N-methyl/N-ethyl adjacent to an activating group) is 1. The van der Waals surface area contributed by atoms with Crippen molar-refractivity contribution in [1.29, 1.82) is 0 Å². The van der Waals surface area contributed by atoms with Crippen LogP contribution in [-0.4, -0.2) is 46.7 Å². The average molecular weight is 392 g/mol. The summed E-state index contributed by atoms with van der Waals surface area (Å²) >= 11 is 1.65. The third-order valence-electron chi connectivity index (χ3n) is 4.49. The van der Waals surface area contributed by atoms with Gasteiger partial charge in [0.25, 0.3) is 5.89 Å². The van der Waals surface area contributed by atoms with E-state index in [0.717, 1.165) is 49.0 Å². The zero-order valence-corrected chi connectivity index (χ0v) is 16.2. The van der Waals surface area contributed by atoms with Gasteiger partial charge in [0.1, 0.15) is 5.69 Å². The molecule has 1 unspecified atom stereocenters. The van der Waals surface area contributed by atoms with Crippen LogP contribution in [0.4, 0.5) is 0 Å². The largest absolute Gasteiger partial charge is 0.332 e. The molecule has 3 aromatic rings. The number of aromatic nitrogens is 3. The van der Waals surface area contributed by atoms with Gasteiger partial charge in [0.15, 0.2) is 5.82 Å². The molecule has 0 saturated carbocycles. The number of thiazole rings is 1. The van der Waals surface area contributed by atoms with E-state index in [1.165, 1.54) is 5.56 Å². The van der Waals surface area contributed by atoms with Gasteiger partial charge in [0.2, 0.25) is 0 Å². The fourth-order valence-electron chi connectivity index (χ4n) is 2.99. The molecular formula is C18H22ClN5OS. The highest BCUT2D eigenvalue weighted by Gasteiger charge is 2.26. The Morgan fingerprint density at radius 2 is 2.08 bits per heavy atom. The predicted octanol–water partition coefficient (Wildman–Crippen LogP) is 2.98. The van der Waals surface area contributed by atoms with E-state index >= 15 is 0 Å². The predicted molar refractivity (Wildman–Crippen MR) is 105 cm³/mol. The number of rotatable bonds is 5. The summed E-state index contributed by atoms with van der Waals surface area (Å²) in [6, 6.07) is 10.6. The number of nitrogens with zero attached hydrogens (tertiary/aromatic N) is 4. The van der Waals surface area contributed by atoms with Crippen LogP contribution in [-0.2, 0) is 12.8 Å². The summed E-state index contributed by atoms with van der Waals surface area (Å²) in [6.07, 6.45) is 1.91. The van der Waals surface area contributed by atoms with Crippen molar-refractivity contribution in [2.75, 3.05) is 26.7 Å². The van der Waals surface area contributed by atoms with Crippen molar-refractivity contribution >= 4 is 23.7 Å². The molecule has 0 radical (unpaired) electrons. The Labute approximate surface area is 163 Å². The maximum Gasteiger partial charge on any atom is 0.277 e. The van der Waals surface area contributed by atoms with Crippen LogP contribution < -0.4 is 5.32 Å². The Morgan fingerprint density at radius 3 is 2.88 bits per heavy atom. The van der Waals surface area contributed by atoms with Gasteiger partial charge in [-0.15, -0.1) is 23.7 Å². The number of hydrogen-bond donors (Lipinski definition) is 1. The van der Waals surface area contributed by atoms with E-state index in [2.05, 4.69) is 56.7 Å². The summed E-state index contributed by atoms with van der Waals surface area (Å²) < 4.78 is 5.46. The van der Waals surface area contributed by atoms with E-state index < -0.39 is 0 Å². The molecule has 1 aromatic carbocycles. The van der Waals surface area contributed by atoms with E-state index in [-0.39, 0.29) is 18.4 Å². The van der Waals surface area contributed by atoms with Crippen LogP contribution in [0.15, 0.2) is 40.2 Å². The number of halogens is 1. The highest BCUT2D eigenvalue weighted by atomic mass is 35.5. The summed E-state index contributed by atoms with van der Waals surface area (Å²) in [5, 5.41) is 10.6. The third kappa shape index (κ3) is 4.29. The minimum atomic E-state index is 0. The van der Waals surface area contributed by atoms with Gasteiger partial charge < -0.3 is 9.84 Å². The molecule has 1 fully saturated rings. The second-order valence-electron chi connectivity index (χ2n) is 6.27. The lowest BCUT2D eigenvalue weighted by Crippen LogP contribution is -2.44. The number of nitrogens with one attached hydrogen (secondary N) is 1. The Kier molecular flexibility index (Phi) is 6.37. The van der Waals surface area contributed by atoms with Crippen LogP contribution in [0.1, 0.15) is 22.4 Å². The van der Waals surface area contributed by atoms with Gasteiger partial charge in [0, 0.05) is 31.4 Å². The first-order valence-corrected chi connectivity index (χ1v) is 9.41. The lowest BCUT2D eigenvalue weighted by molar-refractivity contribution is 0.190. The summed E-state index contributed by atoms with van der Waals surface area (Å²) in [6.45, 7) is 2.82. The van der Waals surface area contributed by atoms with Gasteiger partial charge in [0.05, 0.1) is 11.0 Å². The Bertz CT molecular complexity index is 822. The molecule has 0 spiro atoms. The van der Waals surface area contributed by atoms with Crippen molar-refractivity contribution in [2.45, 2.75) is 18.9 Å². The average Bonchev–Trinajstić information content (AvgIpc) is 3.31. The smallest absolute Gasteiger partial charge is 0.277 e. The number of aryl methyl sites for hydroxylation is 2. The topological polar surface area (TPSA) is 67.1 Å². The summed E-state index contributed by atoms with van der Waals surface area (Å²) in [5.74, 6) is 1.24. The molecule has 1 N–H and O–H groups in total. The molecule has 0 aliphatic carbocycles. The standard InChI is InChI=1S/C18H21N5OS.ClH/c1-23-10-9-19-11-15(23)17-21-18(24-22-17)14-12-25-16(20-14)8-7-13-5-3-2-4-6-13;/h2-6,12,15,19H,7-11H2,1H3;1H. The first kappa shape index (κ1) is 19.0. The molecule has 138 valence electrons. The lowest BCUT2D eigenvalue weighted by atomic mass is 10.1. The van der Waals surface area contributed by atoms with Crippen LogP contribution in [0.5, 0.6) is 0 Å². The Balaban J connectivity index is 0.00000196. The summed E-state index contributed by atoms with van der Waals surface area (Å²) in [4.78, 5) is 11.5. The van der Waals surface area contributed by atoms with E-state index in [0.29, 0.717) is 5.89 Å². The monoisotopic (exact) mass is 391 g/mol. The highest BCUT2D eigenvalue weighted by Crippen LogP contribution is 2.24. The van der Waals surface area contributed by atoms with Crippen molar-refractivity contribution in [2.24, 2.45) is 0 Å². The maximum absolute atomic E-state index is 5.46. The molecular weight excluding hydrogens is 370 g/mol. The van der Waals surface area contributed by atoms with Gasteiger partial charge in [-0.3, -0.25) is 4.90 Å². The van der Waals surface area contributed by atoms with Gasteiger partial charge >= 0.3 is 0 Å². The number of hydrogen-bond acceptors (Lipinski definition) is 7. The van der Waals surface area contributed by atoms with E-state index in [9.17, 15) is 0 Å². The van der Waals surface area contributed by atoms with Crippen molar-refractivity contribution in [1.82, 2.24) is 25.3 Å². The van der Waals surface area contributed by atoms with Crippen molar-refractivity contribution in [3.05, 3.63) is 52.1 Å². The fraction of sp³-hybridized carbons (Fsp3) is 0.389. The Hall–Kier alpha value is -1.80. The van der Waals surface area contributed by atoms with Crippen LogP contribution in [0, 0.1) is 0 Å². The maximum atomic E-state index is 5.46. The second kappa shape index (κ2) is 8.73. The van der Waals surface area contributed by atoms with E-state index in [1.807, 2.05) is 11.4 Å². The van der Waals surface area contributed by atoms with Gasteiger partial charge in [-0.2, -0.15) is 4.98 Å². The molecule has 0 amide bonds. The lowest BCUT2D eigenvalue weighted by Gasteiger charge is -2.30. The molecule has 1 aliphatic rings. The molecule has 8 heteroatoms. The fourth-order valence-corrected chi connectivity index (χ4v) is 3.76. The quantitative estimate of drug-likeness (QED) is 0.721.